The maximum Gasteiger partial charge on any atom is 0.377 e. The number of nitrogens with zero attached hydrogens (tertiary/aromatic N) is 3. The average molecular weight is 562 g/mol. The zero-order chi connectivity index (χ0) is 30.4. The van der Waals surface area contributed by atoms with Crippen LogP contribution in [0.1, 0.15) is 59.6 Å². The van der Waals surface area contributed by atoms with Gasteiger partial charge in [0.1, 0.15) is 12.1 Å². The highest BCUT2D eigenvalue weighted by molar-refractivity contribution is 6.36. The summed E-state index contributed by atoms with van der Waals surface area (Å²) in [6.45, 7) is 11.6. The number of hydrazine groups is 1. The Labute approximate surface area is 241 Å². The Morgan fingerprint density at radius 2 is 1.44 bits per heavy atom. The van der Waals surface area contributed by atoms with Crippen molar-refractivity contribution in [3.63, 3.8) is 0 Å². The lowest BCUT2D eigenvalue weighted by atomic mass is 9.96. The van der Waals surface area contributed by atoms with Gasteiger partial charge in [-0.2, -0.15) is 0 Å². The molecule has 3 rings (SSSR count). The van der Waals surface area contributed by atoms with Crippen molar-refractivity contribution in [3.05, 3.63) is 78.0 Å². The maximum absolute atomic E-state index is 14.4. The van der Waals surface area contributed by atoms with Gasteiger partial charge in [-0.05, 0) is 25.3 Å². The monoisotopic (exact) mass is 561 g/mol. The van der Waals surface area contributed by atoms with E-state index in [9.17, 15) is 24.0 Å². The lowest BCUT2D eigenvalue weighted by molar-refractivity contribution is -0.173. The van der Waals surface area contributed by atoms with Crippen molar-refractivity contribution in [1.29, 1.82) is 0 Å². The third-order valence-electron chi connectivity index (χ3n) is 6.65. The molecule has 0 spiro atoms. The number of Topliss-reactive ketones (excluding diaryl/α,β-unsaturated/α-hetero) is 1. The van der Waals surface area contributed by atoms with Crippen molar-refractivity contribution in [1.82, 2.24) is 14.9 Å². The number of rotatable bonds is 10. The first-order valence-electron chi connectivity index (χ1n) is 13.9. The molecular formula is C32H39N3O6. The van der Waals surface area contributed by atoms with Crippen molar-refractivity contribution in [3.8, 4) is 0 Å². The third kappa shape index (κ3) is 7.09. The van der Waals surface area contributed by atoms with Crippen LogP contribution in [0.25, 0.3) is 5.70 Å². The summed E-state index contributed by atoms with van der Waals surface area (Å²) < 4.78 is 5.22. The SMILES string of the molecule is CC(=O)N([C@@H](Cc1ccccc1)C(=O)C(=O)OC(C)C)N1C(=O)C(C(C)C)N(C(=O)C(C)C)C=C1c1ccccc1. The molecule has 218 valence electrons. The molecule has 0 radical (unpaired) electrons. The van der Waals surface area contributed by atoms with Crippen LogP contribution in [-0.4, -0.2) is 62.6 Å². The Balaban J connectivity index is 2.28. The molecule has 0 saturated heterocycles. The second kappa shape index (κ2) is 13.4. The van der Waals surface area contributed by atoms with Crippen molar-refractivity contribution >= 4 is 35.2 Å². The zero-order valence-electron chi connectivity index (χ0n) is 24.7. The molecule has 2 atom stereocenters. The van der Waals surface area contributed by atoms with Crippen molar-refractivity contribution in [2.24, 2.45) is 11.8 Å². The van der Waals surface area contributed by atoms with E-state index in [0.29, 0.717) is 11.1 Å². The number of amides is 3. The Bertz CT molecular complexity index is 1300. The fourth-order valence-corrected chi connectivity index (χ4v) is 4.80. The molecule has 0 aromatic heterocycles. The molecule has 9 nitrogen and oxygen atoms in total. The molecule has 0 aliphatic carbocycles. The summed E-state index contributed by atoms with van der Waals surface area (Å²) in [5, 5.41) is 2.21. The highest BCUT2D eigenvalue weighted by Crippen LogP contribution is 2.34. The van der Waals surface area contributed by atoms with E-state index in [1.807, 2.05) is 19.9 Å². The standard InChI is InChI=1S/C32H39N3O6/c1-20(2)28-31(39)35(27(25-16-12-9-13-17-25)19-33(28)30(38)21(3)4)34(23(7)36)26(18-24-14-10-8-11-15-24)29(37)32(40)41-22(5)6/h8-17,19-22,26,28H,18H2,1-7H3/t26-,28?/m0/s1. The van der Waals surface area contributed by atoms with Gasteiger partial charge in [-0.15, -0.1) is 0 Å². The maximum atomic E-state index is 14.4. The lowest BCUT2D eigenvalue weighted by Gasteiger charge is -2.47. The molecule has 1 heterocycles. The number of carbonyl (C=O) groups is 5. The molecule has 1 unspecified atom stereocenters. The van der Waals surface area contributed by atoms with Crippen LogP contribution in [-0.2, 0) is 35.1 Å². The summed E-state index contributed by atoms with van der Waals surface area (Å²) >= 11 is 0. The van der Waals surface area contributed by atoms with Gasteiger partial charge in [-0.3, -0.25) is 19.2 Å². The van der Waals surface area contributed by atoms with Gasteiger partial charge in [0.25, 0.3) is 11.7 Å². The van der Waals surface area contributed by atoms with Gasteiger partial charge < -0.3 is 9.64 Å². The molecule has 3 amide bonds. The van der Waals surface area contributed by atoms with Crippen LogP contribution in [0.2, 0.25) is 0 Å². The van der Waals surface area contributed by atoms with E-state index in [4.69, 9.17) is 4.74 Å². The number of hydrogen-bond donors (Lipinski definition) is 0. The normalized spacial score (nSPS) is 16.1. The molecule has 2 aromatic carbocycles. The van der Waals surface area contributed by atoms with Gasteiger partial charge in [-0.25, -0.2) is 14.8 Å². The minimum absolute atomic E-state index is 0.0424. The summed E-state index contributed by atoms with van der Waals surface area (Å²) in [5.74, 6) is -4.22. The zero-order valence-corrected chi connectivity index (χ0v) is 24.7. The topological polar surface area (TPSA) is 104 Å². The van der Waals surface area contributed by atoms with Gasteiger partial charge in [0.15, 0.2) is 0 Å². The molecule has 1 aliphatic heterocycles. The van der Waals surface area contributed by atoms with Gasteiger partial charge in [0.2, 0.25) is 11.8 Å². The predicted octanol–water partition coefficient (Wildman–Crippen LogP) is 4.23. The molecule has 0 saturated carbocycles. The Morgan fingerprint density at radius 3 is 1.93 bits per heavy atom. The second-order valence-corrected chi connectivity index (χ2v) is 11.0. The van der Waals surface area contributed by atoms with E-state index < -0.39 is 47.7 Å². The smallest absolute Gasteiger partial charge is 0.377 e. The van der Waals surface area contributed by atoms with Crippen LogP contribution in [0.5, 0.6) is 0 Å². The first-order chi connectivity index (χ1) is 19.3. The third-order valence-corrected chi connectivity index (χ3v) is 6.65. The molecule has 0 fully saturated rings. The van der Waals surface area contributed by atoms with E-state index in [1.165, 1.54) is 16.8 Å². The molecule has 2 aromatic rings. The number of carbonyl (C=O) groups excluding carboxylic acids is 5. The minimum Gasteiger partial charge on any atom is -0.457 e. The van der Waals surface area contributed by atoms with Crippen LogP contribution in [0, 0.1) is 11.8 Å². The van der Waals surface area contributed by atoms with Gasteiger partial charge in [0, 0.05) is 31.0 Å². The van der Waals surface area contributed by atoms with E-state index in [2.05, 4.69) is 0 Å². The number of ether oxygens (including phenoxy) is 1. The summed E-state index contributed by atoms with van der Waals surface area (Å²) in [5.41, 5.74) is 1.47. The van der Waals surface area contributed by atoms with Gasteiger partial charge in [0.05, 0.1) is 11.8 Å². The van der Waals surface area contributed by atoms with Crippen molar-refractivity contribution in [2.45, 2.75) is 73.1 Å². The number of ketones is 1. The van der Waals surface area contributed by atoms with Gasteiger partial charge >= 0.3 is 5.97 Å². The van der Waals surface area contributed by atoms with Crippen molar-refractivity contribution < 1.29 is 28.7 Å². The fraction of sp³-hybridized carbons (Fsp3) is 0.406. The minimum atomic E-state index is -1.39. The van der Waals surface area contributed by atoms with Gasteiger partial charge in [-0.1, -0.05) is 88.4 Å². The summed E-state index contributed by atoms with van der Waals surface area (Å²) in [6.07, 6.45) is 0.960. The fourth-order valence-electron chi connectivity index (χ4n) is 4.80. The molecule has 0 N–H and O–H groups in total. The Morgan fingerprint density at radius 1 is 0.878 bits per heavy atom. The summed E-state index contributed by atoms with van der Waals surface area (Å²) in [6, 6.07) is 15.4. The first-order valence-corrected chi connectivity index (χ1v) is 13.9. The average Bonchev–Trinajstić information content (AvgIpc) is 2.92. The van der Waals surface area contributed by atoms with Crippen LogP contribution in [0.3, 0.4) is 0 Å². The summed E-state index contributed by atoms with van der Waals surface area (Å²) in [7, 11) is 0. The molecule has 9 heteroatoms. The Hall–Kier alpha value is -4.27. The lowest BCUT2D eigenvalue weighted by Crippen LogP contribution is -2.64. The molecular weight excluding hydrogens is 522 g/mol. The van der Waals surface area contributed by atoms with E-state index >= 15 is 0 Å². The van der Waals surface area contributed by atoms with Crippen molar-refractivity contribution in [2.75, 3.05) is 0 Å². The molecule has 41 heavy (non-hydrogen) atoms. The van der Waals surface area contributed by atoms with Crippen LogP contribution in [0.4, 0.5) is 0 Å². The van der Waals surface area contributed by atoms with Crippen LogP contribution in [0.15, 0.2) is 66.9 Å². The first kappa shape index (κ1) is 31.3. The number of hydrogen-bond acceptors (Lipinski definition) is 6. The van der Waals surface area contributed by atoms with E-state index in [0.717, 1.165) is 5.01 Å². The highest BCUT2D eigenvalue weighted by atomic mass is 16.5. The quantitative estimate of drug-likeness (QED) is 0.318. The molecule has 1 aliphatic rings. The highest BCUT2D eigenvalue weighted by Gasteiger charge is 2.47. The van der Waals surface area contributed by atoms with Crippen LogP contribution < -0.4 is 0 Å². The van der Waals surface area contributed by atoms with Crippen LogP contribution >= 0.6 is 0 Å². The number of esters is 1. The second-order valence-electron chi connectivity index (χ2n) is 11.0. The predicted molar refractivity (Wildman–Crippen MR) is 154 cm³/mol. The Kier molecular flexibility index (Phi) is 10.2. The largest absolute Gasteiger partial charge is 0.457 e. The molecule has 0 bridgehead atoms. The van der Waals surface area contributed by atoms with E-state index in [-0.39, 0.29) is 23.9 Å². The summed E-state index contributed by atoms with van der Waals surface area (Å²) in [4.78, 5) is 69.3. The van der Waals surface area contributed by atoms with E-state index in [1.54, 1.807) is 88.5 Å². The number of benzene rings is 2.